The highest BCUT2D eigenvalue weighted by molar-refractivity contribution is 7.92. The largest absolute Gasteiger partial charge is 0.478 e. The Kier molecular flexibility index (Phi) is 8.52. The number of fused-ring (bicyclic) bond motifs is 1. The van der Waals surface area contributed by atoms with Crippen molar-refractivity contribution >= 4 is 37.3 Å². The van der Waals surface area contributed by atoms with Gasteiger partial charge < -0.3 is 19.9 Å². The van der Waals surface area contributed by atoms with E-state index in [4.69, 9.17) is 9.47 Å². The van der Waals surface area contributed by atoms with E-state index in [1.54, 1.807) is 18.3 Å². The lowest BCUT2D eigenvalue weighted by molar-refractivity contribution is -0.121. The molecular formula is C24H30N4O6S2. The number of thiazole rings is 1. The van der Waals surface area contributed by atoms with E-state index in [1.165, 1.54) is 7.11 Å². The standard InChI is InChI=1S/C24H30N4O6S2/c1-3-34-21-9-5-16(13-25-21)15-4-8-18-19(12-15)35-24(28-18)22(36(31,32)11-10-33-2)23(30)26-14-20(29)27-17-6-7-17/h4-5,8-9,12-13,17,20,22,27,29H,3,6-7,10-11,14H2,1-2H3,(H,26,30). The van der Waals surface area contributed by atoms with Crippen molar-refractivity contribution in [3.05, 3.63) is 41.5 Å². The normalized spacial score (nSPS) is 15.5. The Bertz CT molecular complexity index is 1290. The number of sulfone groups is 1. The number of aliphatic hydroxyl groups is 1. The third-order valence-electron chi connectivity index (χ3n) is 5.64. The number of hydrogen-bond donors (Lipinski definition) is 3. The average molecular weight is 535 g/mol. The molecule has 1 fully saturated rings. The number of ether oxygens (including phenoxy) is 2. The molecule has 2 atom stereocenters. The van der Waals surface area contributed by atoms with Gasteiger partial charge in [-0.15, -0.1) is 11.3 Å². The number of aliphatic hydroxyl groups excluding tert-OH is 1. The number of carbonyl (C=O) groups excluding carboxylic acids is 1. The lowest BCUT2D eigenvalue weighted by Gasteiger charge is -2.18. The van der Waals surface area contributed by atoms with Crippen LogP contribution in [0.4, 0.5) is 0 Å². The van der Waals surface area contributed by atoms with E-state index >= 15 is 0 Å². The molecule has 4 rings (SSSR count). The summed E-state index contributed by atoms with van der Waals surface area (Å²) in [7, 11) is -2.53. The van der Waals surface area contributed by atoms with Gasteiger partial charge in [-0.05, 0) is 43.5 Å². The fourth-order valence-electron chi connectivity index (χ4n) is 3.64. The predicted octanol–water partition coefficient (Wildman–Crippen LogP) is 2.05. The second-order valence-electron chi connectivity index (χ2n) is 8.49. The number of rotatable bonds is 13. The minimum atomic E-state index is -3.93. The molecular weight excluding hydrogens is 504 g/mol. The third kappa shape index (κ3) is 6.56. The van der Waals surface area contributed by atoms with Gasteiger partial charge in [-0.2, -0.15) is 0 Å². The minimum absolute atomic E-state index is 0.0439. The SMILES string of the molecule is CCOc1ccc(-c2ccc3nc(C(C(=O)NCC(O)NC4CC4)S(=O)(=O)CCOC)sc3c2)cn1. The van der Waals surface area contributed by atoms with Crippen LogP contribution in [0.1, 0.15) is 30.0 Å². The summed E-state index contributed by atoms with van der Waals surface area (Å²) < 4.78 is 37.4. The van der Waals surface area contributed by atoms with Crippen LogP contribution in [0.2, 0.25) is 0 Å². The van der Waals surface area contributed by atoms with Crippen LogP contribution in [0.15, 0.2) is 36.5 Å². The molecule has 0 aliphatic heterocycles. The highest BCUT2D eigenvalue weighted by atomic mass is 32.2. The molecule has 2 heterocycles. The van der Waals surface area contributed by atoms with Crippen molar-refractivity contribution < 1.29 is 27.8 Å². The average Bonchev–Trinajstić information content (AvgIpc) is 3.57. The zero-order valence-electron chi connectivity index (χ0n) is 20.1. The maximum absolute atomic E-state index is 13.1. The minimum Gasteiger partial charge on any atom is -0.478 e. The topological polar surface area (TPSA) is 140 Å². The Labute approximate surface area is 214 Å². The Balaban J connectivity index is 1.59. The molecule has 3 N–H and O–H groups in total. The van der Waals surface area contributed by atoms with Crippen LogP contribution < -0.4 is 15.4 Å². The molecule has 12 heteroatoms. The van der Waals surface area contributed by atoms with Gasteiger partial charge in [-0.3, -0.25) is 10.1 Å². The summed E-state index contributed by atoms with van der Waals surface area (Å²) in [5.74, 6) is -0.517. The van der Waals surface area contributed by atoms with Crippen LogP contribution in [0.5, 0.6) is 5.88 Å². The second-order valence-corrected chi connectivity index (χ2v) is 11.8. The number of carbonyl (C=O) groups is 1. The van der Waals surface area contributed by atoms with Crippen LogP contribution in [0.25, 0.3) is 21.3 Å². The summed E-state index contributed by atoms with van der Waals surface area (Å²) in [4.78, 5) is 21.9. The molecule has 3 aromatic rings. The van der Waals surface area contributed by atoms with Crippen molar-refractivity contribution in [1.29, 1.82) is 0 Å². The van der Waals surface area contributed by atoms with E-state index < -0.39 is 27.2 Å². The lowest BCUT2D eigenvalue weighted by Crippen LogP contribution is -2.44. The van der Waals surface area contributed by atoms with Gasteiger partial charge in [0.1, 0.15) is 11.2 Å². The van der Waals surface area contributed by atoms with Crippen molar-refractivity contribution in [2.75, 3.05) is 32.6 Å². The number of nitrogens with zero attached hydrogens (tertiary/aromatic N) is 2. The molecule has 1 aliphatic rings. The van der Waals surface area contributed by atoms with Gasteiger partial charge in [0.2, 0.25) is 11.8 Å². The van der Waals surface area contributed by atoms with E-state index in [-0.39, 0.29) is 30.0 Å². The number of amides is 1. The van der Waals surface area contributed by atoms with Gasteiger partial charge in [0.15, 0.2) is 15.1 Å². The van der Waals surface area contributed by atoms with Crippen molar-refractivity contribution in [2.24, 2.45) is 0 Å². The van der Waals surface area contributed by atoms with E-state index in [9.17, 15) is 18.3 Å². The van der Waals surface area contributed by atoms with Gasteiger partial charge in [-0.25, -0.2) is 18.4 Å². The summed E-state index contributed by atoms with van der Waals surface area (Å²) in [5.41, 5.74) is 2.34. The maximum Gasteiger partial charge on any atom is 0.245 e. The van der Waals surface area contributed by atoms with Gasteiger partial charge in [-0.1, -0.05) is 6.07 Å². The van der Waals surface area contributed by atoms with Gasteiger partial charge in [0.05, 0.1) is 35.7 Å². The molecule has 0 radical (unpaired) electrons. The molecule has 0 spiro atoms. The third-order valence-corrected chi connectivity index (χ3v) is 8.76. The smallest absolute Gasteiger partial charge is 0.245 e. The molecule has 1 saturated carbocycles. The first kappa shape index (κ1) is 26.4. The summed E-state index contributed by atoms with van der Waals surface area (Å²) in [6.07, 6.45) is 2.70. The lowest BCUT2D eigenvalue weighted by atomic mass is 10.1. The molecule has 2 unspecified atom stereocenters. The molecule has 194 valence electrons. The summed E-state index contributed by atoms with van der Waals surface area (Å²) in [6.45, 7) is 2.27. The predicted molar refractivity (Wildman–Crippen MR) is 138 cm³/mol. The monoisotopic (exact) mass is 534 g/mol. The van der Waals surface area contributed by atoms with E-state index in [2.05, 4.69) is 20.6 Å². The molecule has 1 aliphatic carbocycles. The Morgan fingerprint density at radius 2 is 2.03 bits per heavy atom. The zero-order valence-corrected chi connectivity index (χ0v) is 21.8. The molecule has 10 nitrogen and oxygen atoms in total. The van der Waals surface area contributed by atoms with Gasteiger partial charge in [0, 0.05) is 31.0 Å². The highest BCUT2D eigenvalue weighted by Crippen LogP contribution is 2.34. The van der Waals surface area contributed by atoms with Crippen LogP contribution in [-0.2, 0) is 19.4 Å². The summed E-state index contributed by atoms with van der Waals surface area (Å²) in [5, 5.41) is 14.3. The fraction of sp³-hybridized carbons (Fsp3) is 0.458. The van der Waals surface area contributed by atoms with E-state index in [0.29, 0.717) is 18.0 Å². The van der Waals surface area contributed by atoms with Crippen LogP contribution >= 0.6 is 11.3 Å². The first-order valence-electron chi connectivity index (χ1n) is 11.7. The Morgan fingerprint density at radius 3 is 2.69 bits per heavy atom. The Hall–Kier alpha value is -2.64. The first-order valence-corrected chi connectivity index (χ1v) is 14.3. The number of aromatic nitrogens is 2. The molecule has 0 saturated heterocycles. The molecule has 1 aromatic carbocycles. The number of pyridine rings is 1. The number of nitrogens with one attached hydrogen (secondary N) is 2. The van der Waals surface area contributed by atoms with Crippen molar-refractivity contribution in [3.63, 3.8) is 0 Å². The number of hydrogen-bond acceptors (Lipinski definition) is 10. The van der Waals surface area contributed by atoms with Crippen LogP contribution in [-0.4, -0.2) is 74.3 Å². The summed E-state index contributed by atoms with van der Waals surface area (Å²) >= 11 is 1.15. The quantitative estimate of drug-likeness (QED) is 0.281. The van der Waals surface area contributed by atoms with Crippen molar-refractivity contribution in [1.82, 2.24) is 20.6 Å². The molecule has 2 aromatic heterocycles. The molecule has 0 bridgehead atoms. The summed E-state index contributed by atoms with van der Waals surface area (Å²) in [6, 6.07) is 9.48. The number of benzene rings is 1. The van der Waals surface area contributed by atoms with Crippen LogP contribution in [0, 0.1) is 0 Å². The van der Waals surface area contributed by atoms with E-state index in [1.807, 2.05) is 25.1 Å². The van der Waals surface area contributed by atoms with Gasteiger partial charge >= 0.3 is 0 Å². The zero-order chi connectivity index (χ0) is 25.7. The first-order chi connectivity index (χ1) is 17.3. The maximum atomic E-state index is 13.1. The Morgan fingerprint density at radius 1 is 1.25 bits per heavy atom. The second kappa shape index (κ2) is 11.6. The number of methoxy groups -OCH3 is 1. The van der Waals surface area contributed by atoms with E-state index in [0.717, 1.165) is 40.0 Å². The fourth-order valence-corrected chi connectivity index (χ4v) is 6.61. The highest BCUT2D eigenvalue weighted by Gasteiger charge is 2.37. The van der Waals surface area contributed by atoms with Crippen molar-refractivity contribution in [2.45, 2.75) is 37.3 Å². The van der Waals surface area contributed by atoms with Crippen LogP contribution in [0.3, 0.4) is 0 Å². The van der Waals surface area contributed by atoms with Crippen molar-refractivity contribution in [3.8, 4) is 17.0 Å². The molecule has 1 amide bonds. The van der Waals surface area contributed by atoms with Gasteiger partial charge in [0.25, 0.3) is 0 Å². The molecule has 36 heavy (non-hydrogen) atoms.